The minimum Gasteiger partial charge on any atom is -0.480 e. The topological polar surface area (TPSA) is 40.5 Å². The number of nitrogens with zero attached hydrogens (tertiary/aromatic N) is 1. The number of piperidine rings is 1. The van der Waals surface area contributed by atoms with Crippen LogP contribution in [0.25, 0.3) is 0 Å². The van der Waals surface area contributed by atoms with Crippen molar-refractivity contribution in [2.24, 2.45) is 5.92 Å². The first-order chi connectivity index (χ1) is 9.30. The van der Waals surface area contributed by atoms with Crippen LogP contribution < -0.4 is 4.90 Å². The van der Waals surface area contributed by atoms with Gasteiger partial charge in [-0.2, -0.15) is 13.2 Å². The molecule has 3 nitrogen and oxygen atoms in total. The molecule has 6 heteroatoms. The fourth-order valence-corrected chi connectivity index (χ4v) is 2.63. The van der Waals surface area contributed by atoms with Gasteiger partial charge in [-0.15, -0.1) is 0 Å². The maximum atomic E-state index is 13.0. The average molecular weight is 287 g/mol. The van der Waals surface area contributed by atoms with Gasteiger partial charge in [0.1, 0.15) is 6.04 Å². The molecule has 2 atom stereocenters. The first-order valence-electron chi connectivity index (χ1n) is 6.46. The van der Waals surface area contributed by atoms with E-state index in [9.17, 15) is 23.1 Å². The smallest absolute Gasteiger partial charge is 0.418 e. The van der Waals surface area contributed by atoms with E-state index in [1.807, 2.05) is 6.92 Å². The summed E-state index contributed by atoms with van der Waals surface area (Å²) < 4.78 is 39.1. The Balaban J connectivity index is 2.42. The summed E-state index contributed by atoms with van der Waals surface area (Å²) in [5.41, 5.74) is -0.819. The third-order valence-corrected chi connectivity index (χ3v) is 3.67. The molecule has 0 amide bonds. The number of halogens is 3. The molecule has 1 heterocycles. The van der Waals surface area contributed by atoms with Crippen molar-refractivity contribution in [2.45, 2.75) is 32.0 Å². The fraction of sp³-hybridized carbons (Fsp3) is 0.500. The predicted octanol–water partition coefficient (Wildman–Crippen LogP) is 3.39. The molecular formula is C14H16F3NO2. The summed E-state index contributed by atoms with van der Waals surface area (Å²) in [6.07, 6.45) is -3.43. The van der Waals surface area contributed by atoms with E-state index >= 15 is 0 Å². The molecule has 2 rings (SSSR count). The largest absolute Gasteiger partial charge is 0.480 e. The average Bonchev–Trinajstić information content (AvgIpc) is 2.37. The zero-order valence-corrected chi connectivity index (χ0v) is 11.0. The highest BCUT2D eigenvalue weighted by molar-refractivity contribution is 5.79. The number of benzene rings is 1. The lowest BCUT2D eigenvalue weighted by molar-refractivity contribution is -0.141. The zero-order valence-electron chi connectivity index (χ0n) is 11.0. The molecule has 110 valence electrons. The fourth-order valence-electron chi connectivity index (χ4n) is 2.63. The SMILES string of the molecule is CC1CCN(c2ccccc2C(F)(F)F)C(C(=O)O)C1. The Morgan fingerprint density at radius 3 is 2.60 bits per heavy atom. The van der Waals surface area contributed by atoms with Crippen LogP contribution in [0.3, 0.4) is 0 Å². The Hall–Kier alpha value is -1.72. The minimum absolute atomic E-state index is 0.0423. The third kappa shape index (κ3) is 2.89. The number of carboxylic acid groups (broad SMARTS) is 1. The van der Waals surface area contributed by atoms with Crippen LogP contribution >= 0.6 is 0 Å². The number of alkyl halides is 3. The van der Waals surface area contributed by atoms with Crippen molar-refractivity contribution in [2.75, 3.05) is 11.4 Å². The summed E-state index contributed by atoms with van der Waals surface area (Å²) in [4.78, 5) is 12.7. The molecule has 0 aromatic heterocycles. The van der Waals surface area contributed by atoms with Gasteiger partial charge in [0.2, 0.25) is 0 Å². The van der Waals surface area contributed by atoms with E-state index in [1.54, 1.807) is 0 Å². The monoisotopic (exact) mass is 287 g/mol. The second-order valence-electron chi connectivity index (χ2n) is 5.19. The molecule has 0 spiro atoms. The molecule has 0 radical (unpaired) electrons. The molecule has 0 bridgehead atoms. The molecule has 1 aliphatic heterocycles. The van der Waals surface area contributed by atoms with Gasteiger partial charge >= 0.3 is 12.1 Å². The van der Waals surface area contributed by atoms with Gasteiger partial charge in [-0.3, -0.25) is 0 Å². The van der Waals surface area contributed by atoms with Gasteiger partial charge in [-0.05, 0) is 30.9 Å². The van der Waals surface area contributed by atoms with Crippen molar-refractivity contribution in [3.63, 3.8) is 0 Å². The first-order valence-corrected chi connectivity index (χ1v) is 6.46. The Morgan fingerprint density at radius 1 is 1.35 bits per heavy atom. The van der Waals surface area contributed by atoms with E-state index in [-0.39, 0.29) is 11.6 Å². The number of aliphatic carboxylic acids is 1. The van der Waals surface area contributed by atoms with E-state index in [4.69, 9.17) is 0 Å². The van der Waals surface area contributed by atoms with Crippen LogP contribution in [-0.2, 0) is 11.0 Å². The molecule has 0 aliphatic carbocycles. The van der Waals surface area contributed by atoms with Gasteiger partial charge in [0.15, 0.2) is 0 Å². The van der Waals surface area contributed by atoms with Crippen molar-refractivity contribution >= 4 is 11.7 Å². The summed E-state index contributed by atoms with van der Waals surface area (Å²) in [5, 5.41) is 9.26. The summed E-state index contributed by atoms with van der Waals surface area (Å²) in [6, 6.07) is 4.25. The summed E-state index contributed by atoms with van der Waals surface area (Å²) in [7, 11) is 0. The van der Waals surface area contributed by atoms with Gasteiger partial charge in [0, 0.05) is 12.2 Å². The number of para-hydroxylation sites is 1. The standard InChI is InChI=1S/C14H16F3NO2/c1-9-6-7-18(12(8-9)13(19)20)11-5-3-2-4-10(11)14(15,16)17/h2-5,9,12H,6-8H2,1H3,(H,19,20). The molecule has 0 saturated carbocycles. The van der Waals surface area contributed by atoms with Gasteiger partial charge in [0.05, 0.1) is 5.56 Å². The number of hydrogen-bond donors (Lipinski definition) is 1. The molecule has 1 aliphatic rings. The predicted molar refractivity (Wildman–Crippen MR) is 68.6 cm³/mol. The summed E-state index contributed by atoms with van der Waals surface area (Å²) in [6.45, 7) is 2.24. The van der Waals surface area contributed by atoms with Crippen LogP contribution in [0.1, 0.15) is 25.3 Å². The van der Waals surface area contributed by atoms with E-state index in [0.717, 1.165) is 6.07 Å². The lowest BCUT2D eigenvalue weighted by atomic mass is 9.91. The Labute approximate surface area is 115 Å². The number of rotatable bonds is 2. The van der Waals surface area contributed by atoms with Gasteiger partial charge in [-0.25, -0.2) is 4.79 Å². The number of carbonyl (C=O) groups is 1. The number of hydrogen-bond acceptors (Lipinski definition) is 2. The van der Waals surface area contributed by atoms with E-state index < -0.39 is 23.8 Å². The first kappa shape index (κ1) is 14.7. The van der Waals surface area contributed by atoms with E-state index in [2.05, 4.69) is 0 Å². The molecule has 20 heavy (non-hydrogen) atoms. The van der Waals surface area contributed by atoms with E-state index in [0.29, 0.717) is 19.4 Å². The highest BCUT2D eigenvalue weighted by Crippen LogP contribution is 2.39. The zero-order chi connectivity index (χ0) is 14.9. The number of carboxylic acids is 1. The summed E-state index contributed by atoms with van der Waals surface area (Å²) in [5.74, 6) is -0.876. The quantitative estimate of drug-likeness (QED) is 0.906. The van der Waals surface area contributed by atoms with Crippen LogP contribution in [0.4, 0.5) is 18.9 Å². The van der Waals surface area contributed by atoms with Crippen LogP contribution in [0, 0.1) is 5.92 Å². The van der Waals surface area contributed by atoms with Crippen molar-refractivity contribution in [1.29, 1.82) is 0 Å². The normalized spacial score (nSPS) is 23.7. The molecule has 1 aromatic carbocycles. The van der Waals surface area contributed by atoms with E-state index in [1.165, 1.54) is 23.1 Å². The van der Waals surface area contributed by atoms with Crippen molar-refractivity contribution in [3.05, 3.63) is 29.8 Å². The maximum absolute atomic E-state index is 13.0. The second-order valence-corrected chi connectivity index (χ2v) is 5.19. The lowest BCUT2D eigenvalue weighted by Crippen LogP contribution is -2.47. The van der Waals surface area contributed by atoms with Crippen LogP contribution in [0.2, 0.25) is 0 Å². The Kier molecular flexibility index (Phi) is 3.92. The highest BCUT2D eigenvalue weighted by atomic mass is 19.4. The van der Waals surface area contributed by atoms with Crippen LogP contribution in [0.15, 0.2) is 24.3 Å². The Morgan fingerprint density at radius 2 is 2.00 bits per heavy atom. The molecular weight excluding hydrogens is 271 g/mol. The van der Waals surface area contributed by atoms with Gasteiger partial charge < -0.3 is 10.0 Å². The van der Waals surface area contributed by atoms with Crippen LogP contribution in [0.5, 0.6) is 0 Å². The molecule has 1 aromatic rings. The van der Waals surface area contributed by atoms with Crippen molar-refractivity contribution < 1.29 is 23.1 Å². The van der Waals surface area contributed by atoms with Crippen molar-refractivity contribution in [3.8, 4) is 0 Å². The lowest BCUT2D eigenvalue weighted by Gasteiger charge is -2.38. The summed E-state index contributed by atoms with van der Waals surface area (Å²) >= 11 is 0. The Bertz CT molecular complexity index is 501. The molecule has 1 fully saturated rings. The van der Waals surface area contributed by atoms with Gasteiger partial charge in [0.25, 0.3) is 0 Å². The minimum atomic E-state index is -4.48. The second kappa shape index (κ2) is 5.34. The molecule has 1 N–H and O–H groups in total. The molecule has 2 unspecified atom stereocenters. The van der Waals surface area contributed by atoms with Gasteiger partial charge in [-0.1, -0.05) is 19.1 Å². The van der Waals surface area contributed by atoms with Crippen molar-refractivity contribution in [1.82, 2.24) is 0 Å². The highest BCUT2D eigenvalue weighted by Gasteiger charge is 2.39. The maximum Gasteiger partial charge on any atom is 0.418 e. The molecule has 1 saturated heterocycles. The van der Waals surface area contributed by atoms with Crippen LogP contribution in [-0.4, -0.2) is 23.7 Å². The number of anilines is 1. The third-order valence-electron chi connectivity index (χ3n) is 3.67.